The molecule has 0 aliphatic heterocycles. The molecule has 4 N–H and O–H groups in total. The van der Waals surface area contributed by atoms with Gasteiger partial charge in [0.2, 0.25) is 5.95 Å². The molecule has 7 heteroatoms. The Morgan fingerprint density at radius 2 is 2.55 bits per heavy atom. The zero-order chi connectivity index (χ0) is 8.43. The van der Waals surface area contributed by atoms with Gasteiger partial charge in [-0.2, -0.15) is 0 Å². The molecule has 0 aromatic carbocycles. The third-order valence-corrected chi connectivity index (χ3v) is 1.39. The second-order valence-corrected chi connectivity index (χ2v) is 2.25. The largest absolute Gasteiger partial charge is 0.480 e. The number of nitrogens with one attached hydrogen (secondary N) is 1. The molecule has 0 unspecified atom stereocenters. The molecule has 0 bridgehead atoms. The number of carboxylic acid groups (broad SMARTS) is 1. The Morgan fingerprint density at radius 1 is 1.91 bits per heavy atom. The number of hydrogen-bond donors (Lipinski definition) is 3. The van der Waals surface area contributed by atoms with E-state index in [2.05, 4.69) is 10.2 Å². The Kier molecular flexibility index (Phi) is 1.90. The first-order valence-corrected chi connectivity index (χ1v) is 3.14. The molecule has 0 aliphatic carbocycles. The van der Waals surface area contributed by atoms with Crippen LogP contribution in [-0.4, -0.2) is 25.8 Å². The Morgan fingerprint density at radius 3 is 2.91 bits per heavy atom. The molecule has 1 aromatic rings. The number of nitrogen functional groups attached to an aromatic ring is 1. The van der Waals surface area contributed by atoms with E-state index >= 15 is 0 Å². The summed E-state index contributed by atoms with van der Waals surface area (Å²) in [5.41, 5.74) is 5.28. The molecule has 1 rings (SSSR count). The molecule has 0 atom stereocenters. The van der Waals surface area contributed by atoms with E-state index in [1.807, 2.05) is 0 Å². The summed E-state index contributed by atoms with van der Waals surface area (Å²) in [5.74, 6) is -0.924. The van der Waals surface area contributed by atoms with Gasteiger partial charge in [0.25, 0.3) is 0 Å². The Bertz CT molecular complexity index is 327. The average molecular weight is 174 g/mol. The lowest BCUT2D eigenvalue weighted by Crippen LogP contribution is -2.11. The van der Waals surface area contributed by atoms with Gasteiger partial charge >= 0.3 is 5.97 Å². The number of aliphatic carboxylic acids is 1. The molecule has 1 heterocycles. The lowest BCUT2D eigenvalue weighted by atomic mass is 10.6. The molecule has 0 saturated carbocycles. The molecule has 6 nitrogen and oxygen atoms in total. The minimum Gasteiger partial charge on any atom is -0.480 e. The van der Waals surface area contributed by atoms with E-state index in [9.17, 15) is 4.79 Å². The van der Waals surface area contributed by atoms with Gasteiger partial charge in [0, 0.05) is 0 Å². The summed E-state index contributed by atoms with van der Waals surface area (Å²) in [7, 11) is 0. The summed E-state index contributed by atoms with van der Waals surface area (Å²) in [6.07, 6.45) is 0. The molecule has 11 heavy (non-hydrogen) atoms. The van der Waals surface area contributed by atoms with Crippen LogP contribution in [0.5, 0.6) is 0 Å². The van der Waals surface area contributed by atoms with Gasteiger partial charge in [-0.15, -0.1) is 5.10 Å². The fourth-order valence-electron chi connectivity index (χ4n) is 0.618. The lowest BCUT2D eigenvalue weighted by molar-refractivity contribution is -0.137. The molecule has 0 spiro atoms. The van der Waals surface area contributed by atoms with Crippen LogP contribution >= 0.6 is 12.2 Å². The van der Waals surface area contributed by atoms with Crippen molar-refractivity contribution in [2.24, 2.45) is 0 Å². The van der Waals surface area contributed by atoms with Crippen molar-refractivity contribution >= 4 is 24.1 Å². The summed E-state index contributed by atoms with van der Waals surface area (Å²) in [5, 5.41) is 14.3. The van der Waals surface area contributed by atoms with Crippen molar-refractivity contribution in [3.8, 4) is 0 Å². The van der Waals surface area contributed by atoms with Crippen LogP contribution in [0, 0.1) is 4.77 Å². The second-order valence-electron chi connectivity index (χ2n) is 1.87. The highest BCUT2D eigenvalue weighted by Crippen LogP contribution is 1.97. The topological polar surface area (TPSA) is 96.9 Å². The number of nitrogens with zero attached hydrogens (tertiary/aromatic N) is 2. The highest BCUT2D eigenvalue weighted by atomic mass is 32.1. The molecular weight excluding hydrogens is 168 g/mol. The second kappa shape index (κ2) is 2.70. The molecule has 60 valence electrons. The molecule has 0 saturated heterocycles. The maximum absolute atomic E-state index is 10.2. The quantitative estimate of drug-likeness (QED) is 0.530. The van der Waals surface area contributed by atoms with E-state index in [-0.39, 0.29) is 17.3 Å². The number of aromatic amines is 1. The van der Waals surface area contributed by atoms with Gasteiger partial charge in [-0.25, -0.2) is 5.10 Å². The highest BCUT2D eigenvalue weighted by molar-refractivity contribution is 7.71. The zero-order valence-corrected chi connectivity index (χ0v) is 6.26. The molecule has 0 aliphatic rings. The van der Waals surface area contributed by atoms with E-state index in [1.165, 1.54) is 4.57 Å². The van der Waals surface area contributed by atoms with Crippen molar-refractivity contribution in [2.75, 3.05) is 5.73 Å². The van der Waals surface area contributed by atoms with E-state index in [4.69, 9.17) is 23.1 Å². The van der Waals surface area contributed by atoms with Crippen molar-refractivity contribution in [3.63, 3.8) is 0 Å². The van der Waals surface area contributed by atoms with E-state index in [0.717, 1.165) is 0 Å². The van der Waals surface area contributed by atoms with Gasteiger partial charge in [-0.3, -0.25) is 9.36 Å². The van der Waals surface area contributed by atoms with Crippen LogP contribution < -0.4 is 5.73 Å². The lowest BCUT2D eigenvalue weighted by Gasteiger charge is -1.96. The number of H-pyrrole nitrogens is 1. The van der Waals surface area contributed by atoms with Crippen molar-refractivity contribution < 1.29 is 9.90 Å². The summed E-state index contributed by atoms with van der Waals surface area (Å²) >= 11 is 4.69. The van der Waals surface area contributed by atoms with Crippen LogP contribution in [0.2, 0.25) is 0 Å². The number of hydrogen-bond acceptors (Lipinski definition) is 4. The first-order valence-electron chi connectivity index (χ1n) is 2.73. The standard InChI is InChI=1S/C4H6N4O2S/c5-3-6-7-4(11)8(3)1-2(9)10/h1H2,(H2,5,6)(H,7,11)(H,9,10). The van der Waals surface area contributed by atoms with E-state index < -0.39 is 5.97 Å². The fourth-order valence-corrected chi connectivity index (χ4v) is 0.822. The summed E-state index contributed by atoms with van der Waals surface area (Å²) in [6, 6.07) is 0. The highest BCUT2D eigenvalue weighted by Gasteiger charge is 2.04. The van der Waals surface area contributed by atoms with Gasteiger partial charge < -0.3 is 10.8 Å². The molecule has 0 fully saturated rings. The van der Waals surface area contributed by atoms with Gasteiger partial charge in [-0.1, -0.05) is 0 Å². The fraction of sp³-hybridized carbons (Fsp3) is 0.250. The Hall–Kier alpha value is -1.37. The average Bonchev–Trinajstić information content (AvgIpc) is 2.18. The third-order valence-electron chi connectivity index (χ3n) is 1.08. The minimum absolute atomic E-state index is 0.0809. The van der Waals surface area contributed by atoms with Crippen molar-refractivity contribution in [1.82, 2.24) is 14.8 Å². The minimum atomic E-state index is -1.01. The van der Waals surface area contributed by atoms with Crippen LogP contribution in [0.25, 0.3) is 0 Å². The number of aromatic nitrogens is 3. The van der Waals surface area contributed by atoms with Crippen LogP contribution in [0.1, 0.15) is 0 Å². The van der Waals surface area contributed by atoms with Crippen LogP contribution in [0.4, 0.5) is 5.95 Å². The first-order chi connectivity index (χ1) is 5.11. The molecule has 0 radical (unpaired) electrons. The Labute approximate surface area is 66.6 Å². The summed E-state index contributed by atoms with van der Waals surface area (Å²) in [6.45, 7) is -0.263. The number of carboxylic acids is 1. The predicted molar refractivity (Wildman–Crippen MR) is 39.5 cm³/mol. The van der Waals surface area contributed by atoms with E-state index in [1.54, 1.807) is 0 Å². The molecule has 0 amide bonds. The number of anilines is 1. The zero-order valence-electron chi connectivity index (χ0n) is 5.44. The normalized spacial score (nSPS) is 9.82. The van der Waals surface area contributed by atoms with Crippen molar-refractivity contribution in [3.05, 3.63) is 4.77 Å². The molecular formula is C4H6N4O2S. The van der Waals surface area contributed by atoms with Gasteiger partial charge in [0.05, 0.1) is 0 Å². The maximum Gasteiger partial charge on any atom is 0.323 e. The SMILES string of the molecule is Nc1n[nH]c(=S)n1CC(=O)O. The summed E-state index contributed by atoms with van der Waals surface area (Å²) in [4.78, 5) is 10.2. The van der Waals surface area contributed by atoms with Crippen LogP contribution in [-0.2, 0) is 11.3 Å². The molecule has 1 aromatic heterocycles. The summed E-state index contributed by atoms with van der Waals surface area (Å²) < 4.78 is 1.41. The van der Waals surface area contributed by atoms with Gasteiger partial charge in [0.15, 0.2) is 4.77 Å². The van der Waals surface area contributed by atoms with E-state index in [0.29, 0.717) is 0 Å². The van der Waals surface area contributed by atoms with Crippen LogP contribution in [0.15, 0.2) is 0 Å². The predicted octanol–water partition coefficient (Wildman–Crippen LogP) is -0.393. The van der Waals surface area contributed by atoms with Crippen LogP contribution in [0.3, 0.4) is 0 Å². The third kappa shape index (κ3) is 1.55. The number of carbonyl (C=O) groups is 1. The number of rotatable bonds is 2. The maximum atomic E-state index is 10.2. The van der Waals surface area contributed by atoms with Gasteiger partial charge in [-0.05, 0) is 12.2 Å². The van der Waals surface area contributed by atoms with Crippen molar-refractivity contribution in [1.29, 1.82) is 0 Å². The Balaban J connectivity index is 3.01. The van der Waals surface area contributed by atoms with Crippen molar-refractivity contribution in [2.45, 2.75) is 6.54 Å². The van der Waals surface area contributed by atoms with Gasteiger partial charge in [0.1, 0.15) is 6.54 Å². The number of nitrogens with two attached hydrogens (primary N) is 1. The monoisotopic (exact) mass is 174 g/mol. The first kappa shape index (κ1) is 7.73. The smallest absolute Gasteiger partial charge is 0.323 e.